The summed E-state index contributed by atoms with van der Waals surface area (Å²) < 4.78 is 11.6. The van der Waals surface area contributed by atoms with Gasteiger partial charge in [-0.3, -0.25) is 9.59 Å². The van der Waals surface area contributed by atoms with Crippen LogP contribution < -0.4 is 0 Å². The molecular weight excluding hydrogens is 210 g/mol. The molecule has 1 rings (SSSR count). The van der Waals surface area contributed by atoms with Crippen molar-refractivity contribution < 1.29 is 19.1 Å². The van der Waals surface area contributed by atoms with Crippen LogP contribution in [0.5, 0.6) is 0 Å². The molecule has 0 unspecified atom stereocenters. The maximum absolute atomic E-state index is 10.7. The lowest BCUT2D eigenvalue weighted by Crippen LogP contribution is -2.03. The zero-order valence-corrected chi connectivity index (χ0v) is 9.65. The van der Waals surface area contributed by atoms with Crippen LogP contribution in [0.3, 0.4) is 0 Å². The van der Waals surface area contributed by atoms with Crippen LogP contribution in [0, 0.1) is 0 Å². The predicted molar refractivity (Wildman–Crippen MR) is 56.4 cm³/mol. The molecule has 5 heteroatoms. The van der Waals surface area contributed by atoms with Gasteiger partial charge in [0, 0.05) is 44.4 Å². The Morgan fingerprint density at radius 1 is 1.06 bits per heavy atom. The van der Waals surface area contributed by atoms with E-state index >= 15 is 0 Å². The van der Waals surface area contributed by atoms with Crippen LogP contribution in [-0.2, 0) is 39.3 Å². The van der Waals surface area contributed by atoms with E-state index in [9.17, 15) is 9.59 Å². The monoisotopic (exact) mass is 225 g/mol. The molecule has 0 N–H and O–H groups in total. The van der Waals surface area contributed by atoms with Crippen LogP contribution in [0.25, 0.3) is 0 Å². The summed E-state index contributed by atoms with van der Waals surface area (Å²) in [5, 5.41) is 0. The summed E-state index contributed by atoms with van der Waals surface area (Å²) in [4.78, 5) is 21.4. The Hall–Kier alpha value is -1.78. The second-order valence-electron chi connectivity index (χ2n) is 3.53. The van der Waals surface area contributed by atoms with Crippen molar-refractivity contribution in [2.24, 2.45) is 7.05 Å². The third-order valence-electron chi connectivity index (χ3n) is 1.99. The first kappa shape index (κ1) is 12.3. The number of esters is 2. The van der Waals surface area contributed by atoms with Crippen molar-refractivity contribution in [2.45, 2.75) is 27.1 Å². The number of ether oxygens (including phenoxy) is 2. The van der Waals surface area contributed by atoms with Crippen LogP contribution in [-0.4, -0.2) is 16.5 Å². The van der Waals surface area contributed by atoms with Gasteiger partial charge in [-0.15, -0.1) is 0 Å². The van der Waals surface area contributed by atoms with Gasteiger partial charge in [0.15, 0.2) is 0 Å². The van der Waals surface area contributed by atoms with E-state index in [-0.39, 0.29) is 25.2 Å². The molecule has 16 heavy (non-hydrogen) atoms. The van der Waals surface area contributed by atoms with Gasteiger partial charge >= 0.3 is 11.9 Å². The lowest BCUT2D eigenvalue weighted by Gasteiger charge is -2.04. The lowest BCUT2D eigenvalue weighted by atomic mass is 10.2. The maximum atomic E-state index is 10.7. The highest BCUT2D eigenvalue weighted by Gasteiger charge is 2.08. The molecule has 0 atom stereocenters. The molecule has 5 nitrogen and oxygen atoms in total. The molecule has 1 aromatic rings. The summed E-state index contributed by atoms with van der Waals surface area (Å²) >= 11 is 0. The van der Waals surface area contributed by atoms with Crippen molar-refractivity contribution in [1.82, 2.24) is 4.57 Å². The van der Waals surface area contributed by atoms with Crippen LogP contribution in [0.4, 0.5) is 0 Å². The van der Waals surface area contributed by atoms with Crippen LogP contribution in [0.1, 0.15) is 25.0 Å². The van der Waals surface area contributed by atoms with E-state index in [0.29, 0.717) is 0 Å². The Morgan fingerprint density at radius 2 is 1.44 bits per heavy atom. The van der Waals surface area contributed by atoms with E-state index in [1.54, 1.807) is 0 Å². The quantitative estimate of drug-likeness (QED) is 0.721. The number of aromatic nitrogens is 1. The van der Waals surface area contributed by atoms with Crippen molar-refractivity contribution >= 4 is 11.9 Å². The molecule has 1 heterocycles. The van der Waals surface area contributed by atoms with Gasteiger partial charge in [0.1, 0.15) is 13.2 Å². The van der Waals surface area contributed by atoms with Gasteiger partial charge in [-0.25, -0.2) is 0 Å². The van der Waals surface area contributed by atoms with Crippen LogP contribution in [0.2, 0.25) is 0 Å². The first-order valence-electron chi connectivity index (χ1n) is 4.89. The van der Waals surface area contributed by atoms with Gasteiger partial charge < -0.3 is 14.0 Å². The minimum Gasteiger partial charge on any atom is -0.461 e. The fourth-order valence-corrected chi connectivity index (χ4v) is 1.31. The Kier molecular flexibility index (Phi) is 4.10. The highest BCUT2D eigenvalue weighted by Crippen LogP contribution is 2.13. The summed E-state index contributed by atoms with van der Waals surface area (Å²) in [7, 11) is 1.86. The molecule has 0 aliphatic carbocycles. The Labute approximate surface area is 94.0 Å². The minimum absolute atomic E-state index is 0.201. The average molecular weight is 225 g/mol. The zero-order valence-electron chi connectivity index (χ0n) is 9.65. The summed E-state index contributed by atoms with van der Waals surface area (Å²) in [5.41, 5.74) is 1.69. The van der Waals surface area contributed by atoms with Crippen molar-refractivity contribution in [3.8, 4) is 0 Å². The van der Waals surface area contributed by atoms with E-state index in [1.165, 1.54) is 13.8 Å². The first-order chi connectivity index (χ1) is 7.49. The topological polar surface area (TPSA) is 57.5 Å². The molecule has 0 saturated carbocycles. The van der Waals surface area contributed by atoms with Crippen LogP contribution in [0.15, 0.2) is 12.4 Å². The number of carbonyl (C=O) groups excluding carboxylic acids is 2. The number of hydrogen-bond acceptors (Lipinski definition) is 4. The standard InChI is InChI=1S/C11H15NO4/c1-8(13)15-6-10-4-12(3)5-11(10)7-16-9(2)14/h4-5H,6-7H2,1-3H3. The van der Waals surface area contributed by atoms with E-state index in [0.717, 1.165) is 11.1 Å². The number of rotatable bonds is 4. The van der Waals surface area contributed by atoms with Gasteiger partial charge in [0.2, 0.25) is 0 Å². The second kappa shape index (κ2) is 5.34. The van der Waals surface area contributed by atoms with E-state index in [2.05, 4.69) is 0 Å². The third-order valence-corrected chi connectivity index (χ3v) is 1.99. The molecule has 0 aliphatic heterocycles. The highest BCUT2D eigenvalue weighted by molar-refractivity contribution is 5.66. The Morgan fingerprint density at radius 3 is 1.75 bits per heavy atom. The van der Waals surface area contributed by atoms with E-state index in [1.807, 2.05) is 24.0 Å². The van der Waals surface area contributed by atoms with E-state index < -0.39 is 0 Å². The second-order valence-corrected chi connectivity index (χ2v) is 3.53. The maximum Gasteiger partial charge on any atom is 0.302 e. The molecule has 0 spiro atoms. The average Bonchev–Trinajstić information content (AvgIpc) is 2.52. The SMILES string of the molecule is CC(=O)OCc1cn(C)cc1COC(C)=O. The summed E-state index contributed by atoms with van der Waals surface area (Å²) in [6.07, 6.45) is 3.67. The molecule has 0 bridgehead atoms. The van der Waals surface area contributed by atoms with Gasteiger partial charge in [-0.2, -0.15) is 0 Å². The van der Waals surface area contributed by atoms with Crippen molar-refractivity contribution in [1.29, 1.82) is 0 Å². The molecule has 0 amide bonds. The van der Waals surface area contributed by atoms with Crippen molar-refractivity contribution in [3.63, 3.8) is 0 Å². The number of aryl methyl sites for hydroxylation is 1. The molecular formula is C11H15NO4. The highest BCUT2D eigenvalue weighted by atomic mass is 16.5. The third kappa shape index (κ3) is 3.76. The molecule has 0 aliphatic rings. The van der Waals surface area contributed by atoms with Gasteiger partial charge in [0.25, 0.3) is 0 Å². The van der Waals surface area contributed by atoms with Crippen molar-refractivity contribution in [3.05, 3.63) is 23.5 Å². The molecule has 88 valence electrons. The fourth-order valence-electron chi connectivity index (χ4n) is 1.31. The van der Waals surface area contributed by atoms with Gasteiger partial charge in [-0.05, 0) is 0 Å². The van der Waals surface area contributed by atoms with Gasteiger partial charge in [0.05, 0.1) is 0 Å². The molecule has 1 aromatic heterocycles. The summed E-state index contributed by atoms with van der Waals surface area (Å²) in [6, 6.07) is 0. The Bertz CT molecular complexity index is 359. The fraction of sp³-hybridized carbons (Fsp3) is 0.455. The predicted octanol–water partition coefficient (Wildman–Crippen LogP) is 1.15. The smallest absolute Gasteiger partial charge is 0.302 e. The molecule has 0 aromatic carbocycles. The van der Waals surface area contributed by atoms with Crippen molar-refractivity contribution in [2.75, 3.05) is 0 Å². The summed E-state index contributed by atoms with van der Waals surface area (Å²) in [5.74, 6) is -0.662. The minimum atomic E-state index is -0.331. The molecule has 0 fully saturated rings. The van der Waals surface area contributed by atoms with E-state index in [4.69, 9.17) is 9.47 Å². The largest absolute Gasteiger partial charge is 0.461 e. The zero-order chi connectivity index (χ0) is 12.1. The number of nitrogens with zero attached hydrogens (tertiary/aromatic N) is 1. The van der Waals surface area contributed by atoms with Crippen LogP contribution >= 0.6 is 0 Å². The molecule has 0 saturated heterocycles. The van der Waals surface area contributed by atoms with Gasteiger partial charge in [-0.1, -0.05) is 0 Å². The number of hydrogen-bond donors (Lipinski definition) is 0. The number of carbonyl (C=O) groups is 2. The lowest BCUT2D eigenvalue weighted by molar-refractivity contribution is -0.143. The summed E-state index contributed by atoms with van der Waals surface area (Å²) in [6.45, 7) is 3.11. The normalized spacial score (nSPS) is 9.94. The first-order valence-corrected chi connectivity index (χ1v) is 4.89. The Balaban J connectivity index is 2.67. The molecule has 0 radical (unpaired) electrons.